The van der Waals surface area contributed by atoms with Crippen LogP contribution in [0.3, 0.4) is 0 Å². The maximum Gasteiger partial charge on any atom is 0.323 e. The minimum atomic E-state index is -0.481. The van der Waals surface area contributed by atoms with Crippen molar-refractivity contribution in [1.29, 1.82) is 0 Å². The van der Waals surface area contributed by atoms with E-state index in [1.165, 1.54) is 7.11 Å². The molecule has 0 aliphatic heterocycles. The molecule has 3 aromatic carbocycles. The molecule has 34 heavy (non-hydrogen) atoms. The number of aromatic amines is 1. The van der Waals surface area contributed by atoms with Gasteiger partial charge in [0.05, 0.1) is 17.2 Å². The Morgan fingerprint density at radius 2 is 1.76 bits per heavy atom. The summed E-state index contributed by atoms with van der Waals surface area (Å²) in [4.78, 5) is 15.8. The molecule has 0 saturated carbocycles. The van der Waals surface area contributed by atoms with E-state index < -0.39 is 6.04 Å². The van der Waals surface area contributed by atoms with E-state index in [2.05, 4.69) is 10.3 Å². The zero-order valence-electron chi connectivity index (χ0n) is 18.8. The number of halogens is 2. The van der Waals surface area contributed by atoms with Crippen LogP contribution < -0.4 is 10.1 Å². The maximum atomic E-state index is 12.5. The van der Waals surface area contributed by atoms with Crippen molar-refractivity contribution in [3.63, 3.8) is 0 Å². The zero-order valence-corrected chi connectivity index (χ0v) is 20.3. The van der Waals surface area contributed by atoms with Gasteiger partial charge in [-0.2, -0.15) is 0 Å². The molecule has 176 valence electrons. The van der Waals surface area contributed by atoms with Gasteiger partial charge in [0.15, 0.2) is 0 Å². The third kappa shape index (κ3) is 5.92. The molecule has 0 aliphatic carbocycles. The maximum absolute atomic E-state index is 12.5. The Hall–Kier alpha value is -2.99. The number of para-hydroxylation sites is 1. The van der Waals surface area contributed by atoms with Gasteiger partial charge in [-0.25, -0.2) is 0 Å². The molecular weight excluding hydrogens is 471 g/mol. The molecule has 4 aromatic rings. The zero-order chi connectivity index (χ0) is 23.9. The first-order chi connectivity index (χ1) is 16.5. The van der Waals surface area contributed by atoms with Gasteiger partial charge in [-0.3, -0.25) is 4.79 Å². The van der Waals surface area contributed by atoms with E-state index in [0.29, 0.717) is 35.2 Å². The highest BCUT2D eigenvalue weighted by Crippen LogP contribution is 2.30. The predicted octanol–water partition coefficient (Wildman–Crippen LogP) is 6.36. The molecule has 5 nitrogen and oxygen atoms in total. The Balaban J connectivity index is 1.46. The van der Waals surface area contributed by atoms with Crippen molar-refractivity contribution < 1.29 is 14.3 Å². The number of ether oxygens (including phenoxy) is 2. The van der Waals surface area contributed by atoms with Crippen LogP contribution in [-0.4, -0.2) is 30.6 Å². The lowest BCUT2D eigenvalue weighted by molar-refractivity contribution is -0.143. The van der Waals surface area contributed by atoms with Crippen LogP contribution in [0.2, 0.25) is 10.0 Å². The van der Waals surface area contributed by atoms with Crippen LogP contribution in [0.4, 0.5) is 0 Å². The number of aromatic nitrogens is 1. The van der Waals surface area contributed by atoms with Crippen LogP contribution in [-0.2, 0) is 16.0 Å². The lowest BCUT2D eigenvalue weighted by atomic mass is 10.0. The quantitative estimate of drug-likeness (QED) is 0.250. The van der Waals surface area contributed by atoms with Gasteiger partial charge >= 0.3 is 5.97 Å². The van der Waals surface area contributed by atoms with E-state index >= 15 is 0 Å². The second-order valence-corrected chi connectivity index (χ2v) is 8.79. The number of H-pyrrole nitrogens is 1. The Kier molecular flexibility index (Phi) is 8.12. The van der Waals surface area contributed by atoms with Gasteiger partial charge in [-0.15, -0.1) is 0 Å². The van der Waals surface area contributed by atoms with Crippen molar-refractivity contribution in [2.75, 3.05) is 13.7 Å². The number of hydrogen-bond donors (Lipinski definition) is 2. The highest BCUT2D eigenvalue weighted by molar-refractivity contribution is 6.42. The number of rotatable bonds is 10. The summed E-state index contributed by atoms with van der Waals surface area (Å²) in [6, 6.07) is 22.7. The summed E-state index contributed by atoms with van der Waals surface area (Å²) >= 11 is 12.2. The predicted molar refractivity (Wildman–Crippen MR) is 137 cm³/mol. The minimum Gasteiger partial charge on any atom is -0.486 e. The van der Waals surface area contributed by atoms with Crippen molar-refractivity contribution >= 4 is 40.1 Å². The molecule has 1 aromatic heterocycles. The molecule has 0 fully saturated rings. The van der Waals surface area contributed by atoms with Gasteiger partial charge in [0.1, 0.15) is 17.9 Å². The van der Waals surface area contributed by atoms with E-state index in [1.54, 1.807) is 18.2 Å². The number of fused-ring (bicyclic) bond motifs is 1. The molecule has 0 saturated heterocycles. The molecule has 7 heteroatoms. The van der Waals surface area contributed by atoms with Crippen LogP contribution in [0.5, 0.6) is 5.75 Å². The van der Waals surface area contributed by atoms with Crippen molar-refractivity contribution in [1.82, 2.24) is 10.3 Å². The molecule has 1 heterocycles. The van der Waals surface area contributed by atoms with E-state index in [4.69, 9.17) is 32.7 Å². The first kappa shape index (κ1) is 24.1. The van der Waals surface area contributed by atoms with Crippen molar-refractivity contribution in [2.24, 2.45) is 0 Å². The van der Waals surface area contributed by atoms with Crippen molar-refractivity contribution in [3.8, 4) is 5.75 Å². The number of nitrogens with one attached hydrogen (secondary N) is 2. The summed E-state index contributed by atoms with van der Waals surface area (Å²) < 4.78 is 11.3. The van der Waals surface area contributed by atoms with Gasteiger partial charge in [0, 0.05) is 36.0 Å². The minimum absolute atomic E-state index is 0.239. The fraction of sp³-hybridized carbons (Fsp3) is 0.222. The number of carbonyl (C=O) groups is 1. The largest absolute Gasteiger partial charge is 0.486 e. The van der Waals surface area contributed by atoms with Crippen LogP contribution in [0.25, 0.3) is 10.9 Å². The van der Waals surface area contributed by atoms with E-state index in [9.17, 15) is 4.79 Å². The lowest BCUT2D eigenvalue weighted by Gasteiger charge is -2.22. The number of methoxy groups -OCH3 is 1. The molecule has 0 radical (unpaired) electrons. The molecule has 0 spiro atoms. The molecule has 2 atom stereocenters. The van der Waals surface area contributed by atoms with Crippen LogP contribution in [0, 0.1) is 0 Å². The number of hydrogen-bond acceptors (Lipinski definition) is 4. The fourth-order valence-electron chi connectivity index (χ4n) is 3.97. The van der Waals surface area contributed by atoms with Crippen LogP contribution in [0.15, 0.2) is 79.0 Å². The Bertz CT molecular complexity index is 1240. The van der Waals surface area contributed by atoms with Crippen LogP contribution >= 0.6 is 23.2 Å². The van der Waals surface area contributed by atoms with Gasteiger partial charge in [-0.1, -0.05) is 71.7 Å². The Morgan fingerprint density at radius 1 is 1.00 bits per heavy atom. The third-order valence-electron chi connectivity index (χ3n) is 5.72. The first-order valence-electron chi connectivity index (χ1n) is 11.1. The highest BCUT2D eigenvalue weighted by Gasteiger charge is 2.22. The highest BCUT2D eigenvalue weighted by atomic mass is 35.5. The lowest BCUT2D eigenvalue weighted by Crippen LogP contribution is -2.40. The average molecular weight is 497 g/mol. The summed E-state index contributed by atoms with van der Waals surface area (Å²) in [5.74, 6) is 0.332. The number of benzene rings is 3. The van der Waals surface area contributed by atoms with Gasteiger partial charge < -0.3 is 19.8 Å². The summed E-state index contributed by atoms with van der Waals surface area (Å²) in [5, 5.41) is 5.38. The Morgan fingerprint density at radius 3 is 2.53 bits per heavy atom. The van der Waals surface area contributed by atoms with E-state index in [0.717, 1.165) is 22.0 Å². The summed E-state index contributed by atoms with van der Waals surface area (Å²) in [6.45, 7) is 0.545. The summed E-state index contributed by atoms with van der Waals surface area (Å²) in [7, 11) is 1.41. The molecule has 0 bridgehead atoms. The van der Waals surface area contributed by atoms with Crippen LogP contribution in [0.1, 0.15) is 23.7 Å². The second kappa shape index (κ2) is 11.4. The molecule has 1 unspecified atom stereocenters. The standard InChI is InChI=1S/C27H26Cl2N2O3/c1-33-27(32)25(15-19-17-31-24-10-6-5-9-21(19)24)30-14-13-26(18-7-3-2-4-8-18)34-20-11-12-22(28)23(29)16-20/h2-12,16-17,25-26,30-31H,13-15H2,1H3/t25-,26?/m0/s1. The SMILES string of the molecule is COC(=O)[C@H](Cc1c[nH]c2ccccc12)NCCC(Oc1ccc(Cl)c(Cl)c1)c1ccccc1. The molecule has 2 N–H and O–H groups in total. The molecule has 0 amide bonds. The topological polar surface area (TPSA) is 63.4 Å². The summed E-state index contributed by atoms with van der Waals surface area (Å²) in [6.07, 6.45) is 2.85. The molecule has 0 aliphatic rings. The second-order valence-electron chi connectivity index (χ2n) is 7.98. The van der Waals surface area contributed by atoms with E-state index in [1.807, 2.05) is 60.8 Å². The first-order valence-corrected chi connectivity index (χ1v) is 11.8. The average Bonchev–Trinajstić information content (AvgIpc) is 3.27. The van der Waals surface area contributed by atoms with Gasteiger partial charge in [-0.05, 0) is 35.9 Å². The monoisotopic (exact) mass is 496 g/mol. The fourth-order valence-corrected chi connectivity index (χ4v) is 4.25. The number of esters is 1. The Labute approximate surface area is 209 Å². The van der Waals surface area contributed by atoms with Crippen molar-refractivity contribution in [2.45, 2.75) is 25.0 Å². The summed E-state index contributed by atoms with van der Waals surface area (Å²) in [5.41, 5.74) is 3.13. The smallest absolute Gasteiger partial charge is 0.323 e. The normalized spacial score (nSPS) is 12.9. The molecular formula is C27H26Cl2N2O3. The van der Waals surface area contributed by atoms with Crippen molar-refractivity contribution in [3.05, 3.63) is 100 Å². The number of carbonyl (C=O) groups excluding carboxylic acids is 1. The molecule has 4 rings (SSSR count). The van der Waals surface area contributed by atoms with Gasteiger partial charge in [0.25, 0.3) is 0 Å². The van der Waals surface area contributed by atoms with Gasteiger partial charge in [0.2, 0.25) is 0 Å². The van der Waals surface area contributed by atoms with E-state index in [-0.39, 0.29) is 12.1 Å². The third-order valence-corrected chi connectivity index (χ3v) is 6.46.